The van der Waals surface area contributed by atoms with Crippen LogP contribution in [0.3, 0.4) is 0 Å². The molecule has 0 spiro atoms. The van der Waals surface area contributed by atoms with E-state index < -0.39 is 0 Å². The third-order valence-electron chi connectivity index (χ3n) is 7.25. The maximum absolute atomic E-state index is 12.8. The van der Waals surface area contributed by atoms with Crippen molar-refractivity contribution in [1.29, 1.82) is 0 Å². The molecule has 4 aliphatic rings. The predicted octanol–water partition coefficient (Wildman–Crippen LogP) is 5.37. The molecule has 4 bridgehead atoms. The molecule has 4 fully saturated rings. The number of benzene rings is 1. The van der Waals surface area contributed by atoms with E-state index in [1.807, 2.05) is 18.2 Å². The Morgan fingerprint density at radius 3 is 2.34 bits per heavy atom. The molecule has 0 unspecified atom stereocenters. The third kappa shape index (κ3) is 3.94. The molecule has 4 aliphatic carbocycles. The molecule has 4 heteroatoms. The summed E-state index contributed by atoms with van der Waals surface area (Å²) in [5.74, 6) is 4.99. The average molecular weight is 394 g/mol. The van der Waals surface area contributed by atoms with Crippen LogP contribution in [0.15, 0.2) is 40.8 Å². The van der Waals surface area contributed by atoms with Crippen molar-refractivity contribution in [2.24, 2.45) is 23.7 Å². The molecule has 0 saturated heterocycles. The van der Waals surface area contributed by atoms with E-state index in [1.54, 1.807) is 6.07 Å². The molecule has 0 atom stereocenters. The smallest absolute Gasteiger partial charge is 0.287 e. The average Bonchev–Trinajstić information content (AvgIpc) is 3.19. The van der Waals surface area contributed by atoms with Crippen molar-refractivity contribution in [2.45, 2.75) is 64.5 Å². The van der Waals surface area contributed by atoms with Crippen molar-refractivity contribution in [2.75, 3.05) is 0 Å². The number of hydrogen-bond donors (Lipinski definition) is 1. The summed E-state index contributed by atoms with van der Waals surface area (Å²) >= 11 is 0. The highest BCUT2D eigenvalue weighted by atomic mass is 16.5. The van der Waals surface area contributed by atoms with Gasteiger partial charge in [0.2, 0.25) is 0 Å². The summed E-state index contributed by atoms with van der Waals surface area (Å²) in [6.45, 7) is 2.51. The number of rotatable bonds is 7. The zero-order chi connectivity index (χ0) is 19.8. The molecule has 1 aromatic heterocycles. The number of ether oxygens (including phenoxy) is 1. The van der Waals surface area contributed by atoms with Crippen LogP contribution in [0.25, 0.3) is 0 Å². The Hall–Kier alpha value is -2.23. The first-order valence-electron chi connectivity index (χ1n) is 11.3. The molecule has 0 radical (unpaired) electrons. The lowest BCUT2D eigenvalue weighted by Gasteiger charge is -2.54. The lowest BCUT2D eigenvalue weighted by Crippen LogP contribution is -2.55. The second kappa shape index (κ2) is 7.89. The van der Waals surface area contributed by atoms with E-state index in [0.29, 0.717) is 36.0 Å². The number of carbonyl (C=O) groups excluding carboxylic acids is 1. The van der Waals surface area contributed by atoms with Gasteiger partial charge in [-0.25, -0.2) is 0 Å². The monoisotopic (exact) mass is 393 g/mol. The highest BCUT2D eigenvalue weighted by Crippen LogP contribution is 2.53. The summed E-state index contributed by atoms with van der Waals surface area (Å²) in [5, 5.41) is 3.31. The van der Waals surface area contributed by atoms with Gasteiger partial charge in [-0.05, 0) is 92.0 Å². The summed E-state index contributed by atoms with van der Waals surface area (Å²) in [7, 11) is 0. The fourth-order valence-electron chi connectivity index (χ4n) is 6.16. The summed E-state index contributed by atoms with van der Waals surface area (Å²) in [5.41, 5.74) is 1.32. The van der Waals surface area contributed by atoms with Crippen LogP contribution < -0.4 is 10.1 Å². The van der Waals surface area contributed by atoms with Gasteiger partial charge >= 0.3 is 0 Å². The van der Waals surface area contributed by atoms with Crippen molar-refractivity contribution >= 4 is 5.91 Å². The van der Waals surface area contributed by atoms with Crippen LogP contribution in [0.1, 0.15) is 67.3 Å². The quantitative estimate of drug-likeness (QED) is 0.688. The maximum atomic E-state index is 12.8. The first-order chi connectivity index (χ1) is 14.2. The van der Waals surface area contributed by atoms with Crippen molar-refractivity contribution in [3.63, 3.8) is 0 Å². The third-order valence-corrected chi connectivity index (χ3v) is 7.25. The highest BCUT2D eigenvalue weighted by Gasteiger charge is 2.48. The van der Waals surface area contributed by atoms with Crippen molar-refractivity contribution < 1.29 is 13.9 Å². The van der Waals surface area contributed by atoms with Gasteiger partial charge in [0, 0.05) is 6.04 Å². The Morgan fingerprint density at radius 1 is 1.00 bits per heavy atom. The topological polar surface area (TPSA) is 51.5 Å². The van der Waals surface area contributed by atoms with E-state index in [1.165, 1.54) is 37.7 Å². The van der Waals surface area contributed by atoms with Crippen LogP contribution in [-0.4, -0.2) is 11.9 Å². The van der Waals surface area contributed by atoms with Crippen LogP contribution in [0.4, 0.5) is 0 Å². The van der Waals surface area contributed by atoms with Crippen molar-refractivity contribution in [3.8, 4) is 5.75 Å². The zero-order valence-corrected chi connectivity index (χ0v) is 17.2. The summed E-state index contributed by atoms with van der Waals surface area (Å²) in [4.78, 5) is 12.8. The molecular formula is C25H31NO3. The summed E-state index contributed by atoms with van der Waals surface area (Å²) < 4.78 is 11.6. The van der Waals surface area contributed by atoms with E-state index in [-0.39, 0.29) is 5.91 Å². The summed E-state index contributed by atoms with van der Waals surface area (Å²) in [6, 6.07) is 12.1. The van der Waals surface area contributed by atoms with Crippen LogP contribution in [0, 0.1) is 23.7 Å². The Morgan fingerprint density at radius 2 is 1.69 bits per heavy atom. The molecule has 29 heavy (non-hydrogen) atoms. The maximum Gasteiger partial charge on any atom is 0.287 e. The molecule has 1 N–H and O–H groups in total. The molecule has 6 rings (SSSR count). The molecule has 1 aromatic carbocycles. The number of nitrogens with one attached hydrogen (secondary N) is 1. The van der Waals surface area contributed by atoms with Gasteiger partial charge in [0.15, 0.2) is 5.76 Å². The number of aryl methyl sites for hydroxylation is 1. The molecule has 0 aliphatic heterocycles. The minimum atomic E-state index is -0.0716. The van der Waals surface area contributed by atoms with Crippen LogP contribution in [0.2, 0.25) is 0 Å². The molecule has 4 nitrogen and oxygen atoms in total. The highest BCUT2D eigenvalue weighted by molar-refractivity contribution is 5.91. The Kier molecular flexibility index (Phi) is 5.11. The fourth-order valence-corrected chi connectivity index (χ4v) is 6.16. The second-order valence-electron chi connectivity index (χ2n) is 9.38. The van der Waals surface area contributed by atoms with Crippen molar-refractivity contribution in [3.05, 3.63) is 53.5 Å². The van der Waals surface area contributed by atoms with Crippen molar-refractivity contribution in [1.82, 2.24) is 5.32 Å². The van der Waals surface area contributed by atoms with Crippen LogP contribution in [0.5, 0.6) is 5.75 Å². The zero-order valence-electron chi connectivity index (χ0n) is 17.2. The van der Waals surface area contributed by atoms with Gasteiger partial charge in [-0.15, -0.1) is 0 Å². The normalized spacial score (nSPS) is 29.8. The molecular weight excluding hydrogens is 362 g/mol. The number of furan rings is 1. The summed E-state index contributed by atoms with van der Waals surface area (Å²) in [6.07, 6.45) is 8.84. The molecule has 2 aromatic rings. The van der Waals surface area contributed by atoms with Gasteiger partial charge < -0.3 is 14.5 Å². The van der Waals surface area contributed by atoms with Gasteiger partial charge in [0.25, 0.3) is 5.91 Å². The Bertz CT molecular complexity index is 825. The Balaban J connectivity index is 1.16. The predicted molar refractivity (Wildman–Crippen MR) is 112 cm³/mol. The molecule has 1 amide bonds. The lowest BCUT2D eigenvalue weighted by atomic mass is 9.54. The van der Waals surface area contributed by atoms with E-state index in [9.17, 15) is 4.79 Å². The standard InChI is InChI=1S/C25H31NO3/c1-2-3-16-4-6-21(7-5-16)28-15-22-8-9-23(29-22)25(27)26-24-19-11-17-10-18(13-19)14-20(24)12-17/h4-9,17-20,24H,2-3,10-15H2,1H3,(H,26,27). The van der Waals surface area contributed by atoms with Gasteiger partial charge in [-0.2, -0.15) is 0 Å². The van der Waals surface area contributed by atoms with E-state index in [4.69, 9.17) is 9.15 Å². The van der Waals surface area contributed by atoms with Crippen LogP contribution >= 0.6 is 0 Å². The van der Waals surface area contributed by atoms with E-state index in [0.717, 1.165) is 30.4 Å². The number of hydrogen-bond acceptors (Lipinski definition) is 3. The van der Waals surface area contributed by atoms with Crippen LogP contribution in [-0.2, 0) is 13.0 Å². The molecule has 154 valence electrons. The van der Waals surface area contributed by atoms with Gasteiger partial charge in [0.05, 0.1) is 0 Å². The van der Waals surface area contributed by atoms with E-state index in [2.05, 4.69) is 24.4 Å². The SMILES string of the molecule is CCCc1ccc(OCc2ccc(C(=O)NC3C4CC5CC(C4)CC3C5)o2)cc1. The lowest BCUT2D eigenvalue weighted by molar-refractivity contribution is -0.0123. The largest absolute Gasteiger partial charge is 0.486 e. The second-order valence-corrected chi connectivity index (χ2v) is 9.38. The van der Waals surface area contributed by atoms with E-state index >= 15 is 0 Å². The molecule has 1 heterocycles. The van der Waals surface area contributed by atoms with Gasteiger partial charge in [-0.1, -0.05) is 25.5 Å². The van der Waals surface area contributed by atoms with Gasteiger partial charge in [0.1, 0.15) is 18.1 Å². The minimum absolute atomic E-state index is 0.0716. The first kappa shape index (κ1) is 18.8. The molecule has 4 saturated carbocycles. The Labute approximate surface area is 173 Å². The number of amides is 1. The van der Waals surface area contributed by atoms with Gasteiger partial charge in [-0.3, -0.25) is 4.79 Å². The minimum Gasteiger partial charge on any atom is -0.486 e. The first-order valence-corrected chi connectivity index (χ1v) is 11.3. The number of carbonyl (C=O) groups is 1. The fraction of sp³-hybridized carbons (Fsp3) is 0.560.